The van der Waals surface area contributed by atoms with Crippen LogP contribution in [0.5, 0.6) is 0 Å². The van der Waals surface area contributed by atoms with Gasteiger partial charge in [0.1, 0.15) is 0 Å². The standard InChI is InChI=1S/C35H49IO3S/c1-5-6-7-8-9-10-11-12-13-14-15-31-20-26-35(27-21-31)40(37,38)39-36(33-22-16-30(4)17-23-33)34-24-18-32(19-25-34)28-29(2)3/h16-27,29H,5-15,28H2,1-4H3/q+1. The van der Waals surface area contributed by atoms with Gasteiger partial charge in [-0.3, -0.25) is 0 Å². The third kappa shape index (κ3) is 11.3. The molecular weight excluding hydrogens is 627 g/mol. The molecule has 0 bridgehead atoms. The summed E-state index contributed by atoms with van der Waals surface area (Å²) in [4.78, 5) is 0.241. The normalized spacial score (nSPS) is 11.9. The quantitative estimate of drug-likeness (QED) is 0.112. The number of aryl methyl sites for hydroxylation is 2. The molecule has 40 heavy (non-hydrogen) atoms. The first-order chi connectivity index (χ1) is 19.3. The average Bonchev–Trinajstić information content (AvgIpc) is 2.94. The summed E-state index contributed by atoms with van der Waals surface area (Å²) < 4.78 is 34.9. The van der Waals surface area contributed by atoms with E-state index < -0.39 is 30.4 Å². The highest BCUT2D eigenvalue weighted by Crippen LogP contribution is 2.16. The summed E-state index contributed by atoms with van der Waals surface area (Å²) >= 11 is -2.69. The molecule has 3 rings (SSSR count). The molecule has 0 spiro atoms. The van der Waals surface area contributed by atoms with Crippen molar-refractivity contribution in [2.24, 2.45) is 5.92 Å². The van der Waals surface area contributed by atoms with Crippen LogP contribution in [0.2, 0.25) is 0 Å². The van der Waals surface area contributed by atoms with Crippen LogP contribution in [-0.4, -0.2) is 8.42 Å². The second-order valence-electron chi connectivity index (χ2n) is 11.4. The fourth-order valence-corrected chi connectivity index (χ4v) is 11.7. The zero-order valence-electron chi connectivity index (χ0n) is 25.0. The number of halogens is 1. The fourth-order valence-electron chi connectivity index (χ4n) is 4.81. The van der Waals surface area contributed by atoms with Crippen LogP contribution >= 0.6 is 0 Å². The lowest BCUT2D eigenvalue weighted by molar-refractivity contribution is -1.03. The largest absolute Gasteiger partial charge is 0.336 e. The summed E-state index contributed by atoms with van der Waals surface area (Å²) in [5.74, 6) is 0.572. The van der Waals surface area contributed by atoms with Crippen LogP contribution in [0.25, 0.3) is 0 Å². The van der Waals surface area contributed by atoms with Crippen LogP contribution in [0, 0.1) is 20.0 Å². The first-order valence-electron chi connectivity index (χ1n) is 15.2. The lowest BCUT2D eigenvalue weighted by Gasteiger charge is -2.09. The van der Waals surface area contributed by atoms with Gasteiger partial charge in [-0.05, 0) is 82.1 Å². The minimum Gasteiger partial charge on any atom is -0.190 e. The molecule has 0 aliphatic rings. The van der Waals surface area contributed by atoms with Crippen molar-refractivity contribution in [2.45, 2.75) is 110 Å². The lowest BCUT2D eigenvalue weighted by atomic mass is 10.0. The van der Waals surface area contributed by atoms with Crippen LogP contribution in [-0.2, 0) is 25.5 Å². The van der Waals surface area contributed by atoms with E-state index in [1.54, 1.807) is 12.1 Å². The Morgan fingerprint density at radius 3 is 1.65 bits per heavy atom. The molecule has 0 aliphatic carbocycles. The maximum atomic E-state index is 13.4. The molecule has 1 radical (unpaired) electrons. The van der Waals surface area contributed by atoms with Crippen molar-refractivity contribution in [1.29, 1.82) is 0 Å². The summed E-state index contributed by atoms with van der Waals surface area (Å²) in [6.45, 7) is 8.71. The molecule has 3 nitrogen and oxygen atoms in total. The summed E-state index contributed by atoms with van der Waals surface area (Å²) in [7, 11) is -3.89. The average molecular weight is 677 g/mol. The fraction of sp³-hybridized carbons (Fsp3) is 0.486. The predicted octanol–water partition coefficient (Wildman–Crippen LogP) is 6.64. The number of hydrogen-bond donors (Lipinski definition) is 0. The highest BCUT2D eigenvalue weighted by atomic mass is 127. The molecule has 0 N–H and O–H groups in total. The van der Waals surface area contributed by atoms with Gasteiger partial charge in [0.25, 0.3) is 0 Å². The van der Waals surface area contributed by atoms with Gasteiger partial charge in [0.15, 0.2) is 7.14 Å². The molecule has 219 valence electrons. The zero-order valence-corrected chi connectivity index (χ0v) is 28.0. The molecular formula is C35H49IO3S+. The van der Waals surface area contributed by atoms with E-state index in [1.807, 2.05) is 43.3 Å². The highest BCUT2D eigenvalue weighted by Gasteiger charge is 2.37. The van der Waals surface area contributed by atoms with Gasteiger partial charge in [-0.15, -0.1) is 0 Å². The topological polar surface area (TPSA) is 43.4 Å². The molecule has 0 aliphatic heterocycles. The first-order valence-corrected chi connectivity index (χ1v) is 19.6. The van der Waals surface area contributed by atoms with Crippen molar-refractivity contribution in [1.82, 2.24) is 0 Å². The van der Waals surface area contributed by atoms with Crippen molar-refractivity contribution in [3.05, 3.63) is 96.6 Å². The Hall–Kier alpha value is -1.70. The molecule has 0 saturated carbocycles. The number of benzene rings is 3. The van der Waals surface area contributed by atoms with E-state index in [4.69, 9.17) is 2.51 Å². The Kier molecular flexibility index (Phi) is 14.2. The minimum absolute atomic E-state index is 0.241. The summed E-state index contributed by atoms with van der Waals surface area (Å²) in [5.41, 5.74) is 3.60. The van der Waals surface area contributed by atoms with E-state index in [1.165, 1.54) is 68.9 Å². The van der Waals surface area contributed by atoms with Crippen molar-refractivity contribution >= 4 is 10.1 Å². The van der Waals surface area contributed by atoms with E-state index in [0.29, 0.717) is 5.92 Å². The minimum atomic E-state index is -3.89. The van der Waals surface area contributed by atoms with E-state index in [2.05, 4.69) is 45.0 Å². The van der Waals surface area contributed by atoms with Crippen LogP contribution in [0.1, 0.15) is 102 Å². The molecule has 3 aromatic carbocycles. The Balaban J connectivity index is 1.59. The molecule has 3 aromatic rings. The van der Waals surface area contributed by atoms with Crippen LogP contribution in [0.15, 0.2) is 77.7 Å². The van der Waals surface area contributed by atoms with E-state index in [9.17, 15) is 8.42 Å². The van der Waals surface area contributed by atoms with Gasteiger partial charge < -0.3 is 0 Å². The maximum absolute atomic E-state index is 13.4. The molecule has 0 atom stereocenters. The first kappa shape index (κ1) is 32.8. The van der Waals surface area contributed by atoms with Crippen molar-refractivity contribution in [3.8, 4) is 0 Å². The Labute approximate surface area is 252 Å². The third-order valence-corrected chi connectivity index (χ3v) is 14.5. The van der Waals surface area contributed by atoms with Crippen LogP contribution < -0.4 is 20.2 Å². The van der Waals surface area contributed by atoms with Gasteiger partial charge in [0, 0.05) is 0 Å². The van der Waals surface area contributed by atoms with Crippen molar-refractivity contribution < 1.29 is 31.2 Å². The summed E-state index contributed by atoms with van der Waals surface area (Å²) in [6.07, 6.45) is 15.2. The van der Waals surface area contributed by atoms with Gasteiger partial charge in [-0.25, -0.2) is 0 Å². The molecule has 0 saturated heterocycles. The molecule has 0 fully saturated rings. The number of rotatable bonds is 18. The van der Waals surface area contributed by atoms with Gasteiger partial charge in [0.05, 0.1) is 4.90 Å². The third-order valence-electron chi connectivity index (χ3n) is 7.14. The second-order valence-corrected chi connectivity index (χ2v) is 17.9. The second kappa shape index (κ2) is 17.3. The SMILES string of the molecule is CCCCCCCCCCCCc1ccc(S(=O)(=O)O[I+](c2ccc(C)cc2)c2ccc(CC(C)C)cc2)cc1. The molecule has 0 heterocycles. The van der Waals surface area contributed by atoms with E-state index in [-0.39, 0.29) is 4.90 Å². The molecule has 5 heteroatoms. The lowest BCUT2D eigenvalue weighted by Crippen LogP contribution is -3.85. The van der Waals surface area contributed by atoms with Crippen LogP contribution in [0.3, 0.4) is 0 Å². The van der Waals surface area contributed by atoms with Crippen molar-refractivity contribution in [2.75, 3.05) is 0 Å². The van der Waals surface area contributed by atoms with Gasteiger partial charge >= 0.3 is 30.4 Å². The molecule has 0 amide bonds. The smallest absolute Gasteiger partial charge is 0.190 e. The summed E-state index contributed by atoms with van der Waals surface area (Å²) in [6, 6.07) is 23.8. The predicted molar refractivity (Wildman–Crippen MR) is 164 cm³/mol. The Morgan fingerprint density at radius 2 is 1.12 bits per heavy atom. The Bertz CT molecular complexity index is 1220. The van der Waals surface area contributed by atoms with Crippen LogP contribution in [0.4, 0.5) is 0 Å². The Morgan fingerprint density at radius 1 is 0.650 bits per heavy atom. The highest BCUT2D eigenvalue weighted by molar-refractivity contribution is 7.86. The van der Waals surface area contributed by atoms with Gasteiger partial charge in [-0.2, -0.15) is 8.42 Å². The van der Waals surface area contributed by atoms with Gasteiger partial charge in [0.2, 0.25) is 0 Å². The maximum Gasteiger partial charge on any atom is 0.336 e. The van der Waals surface area contributed by atoms with E-state index >= 15 is 0 Å². The van der Waals surface area contributed by atoms with Gasteiger partial charge in [-0.1, -0.05) is 121 Å². The monoisotopic (exact) mass is 676 g/mol. The molecule has 0 unspecified atom stereocenters. The van der Waals surface area contributed by atoms with E-state index in [0.717, 1.165) is 32.0 Å². The van der Waals surface area contributed by atoms with Crippen molar-refractivity contribution in [3.63, 3.8) is 0 Å². The number of hydrogen-bond acceptors (Lipinski definition) is 3. The number of unbranched alkanes of at least 4 members (excludes halogenated alkanes) is 9. The summed E-state index contributed by atoms with van der Waals surface area (Å²) in [5, 5.41) is 0. The molecule has 0 aromatic heterocycles. The zero-order chi connectivity index (χ0) is 28.8.